The highest BCUT2D eigenvalue weighted by molar-refractivity contribution is 5.89. The first-order valence-electron chi connectivity index (χ1n) is 5.61. The number of hydrogen-bond donors (Lipinski definition) is 2. The zero-order valence-corrected chi connectivity index (χ0v) is 10.1. The van der Waals surface area contributed by atoms with E-state index in [1.54, 1.807) is 13.8 Å². The second kappa shape index (κ2) is 5.30. The summed E-state index contributed by atoms with van der Waals surface area (Å²) in [6.45, 7) is 4.13. The molecule has 5 heteroatoms. The summed E-state index contributed by atoms with van der Waals surface area (Å²) in [5.41, 5.74) is -0.967. The first-order chi connectivity index (χ1) is 7.47. The third-order valence-corrected chi connectivity index (χ3v) is 2.76. The molecular formula is C11H20N2O3. The number of hydrogen-bond acceptors (Lipinski definition) is 4. The molecule has 1 aliphatic heterocycles. The molecule has 0 aromatic carbocycles. The van der Waals surface area contributed by atoms with Gasteiger partial charge in [-0.15, -0.1) is 0 Å². The van der Waals surface area contributed by atoms with Crippen molar-refractivity contribution in [3.8, 4) is 0 Å². The van der Waals surface area contributed by atoms with Crippen molar-refractivity contribution in [3.63, 3.8) is 0 Å². The van der Waals surface area contributed by atoms with Crippen LogP contribution in [0.5, 0.6) is 0 Å². The summed E-state index contributed by atoms with van der Waals surface area (Å²) in [5.74, 6) is -0.563. The maximum Gasteiger partial charge on any atom is 0.330 e. The molecule has 1 heterocycles. The molecule has 0 saturated carbocycles. The van der Waals surface area contributed by atoms with E-state index in [1.165, 1.54) is 7.11 Å². The van der Waals surface area contributed by atoms with Crippen LogP contribution in [0.15, 0.2) is 0 Å². The van der Waals surface area contributed by atoms with Crippen molar-refractivity contribution >= 4 is 11.9 Å². The number of carbonyl (C=O) groups excluding carboxylic acids is 2. The lowest BCUT2D eigenvalue weighted by Crippen LogP contribution is -2.56. The monoisotopic (exact) mass is 228 g/mol. The van der Waals surface area contributed by atoms with E-state index in [2.05, 4.69) is 15.4 Å². The molecule has 0 aromatic heterocycles. The van der Waals surface area contributed by atoms with Crippen molar-refractivity contribution in [2.75, 3.05) is 13.7 Å². The van der Waals surface area contributed by atoms with Gasteiger partial charge < -0.3 is 15.4 Å². The third-order valence-electron chi connectivity index (χ3n) is 2.76. The number of methoxy groups -OCH3 is 1. The van der Waals surface area contributed by atoms with Crippen LogP contribution in [0.25, 0.3) is 0 Å². The summed E-state index contributed by atoms with van der Waals surface area (Å²) in [5, 5.41) is 5.83. The Morgan fingerprint density at radius 1 is 1.38 bits per heavy atom. The van der Waals surface area contributed by atoms with Crippen LogP contribution in [0.1, 0.15) is 33.1 Å². The molecule has 0 bridgehead atoms. The van der Waals surface area contributed by atoms with Gasteiger partial charge in [0.2, 0.25) is 5.91 Å². The van der Waals surface area contributed by atoms with Crippen LogP contribution < -0.4 is 10.6 Å². The van der Waals surface area contributed by atoms with Crippen LogP contribution in [-0.4, -0.2) is 37.1 Å². The number of piperidine rings is 1. The van der Waals surface area contributed by atoms with Crippen LogP contribution in [0.4, 0.5) is 0 Å². The molecule has 92 valence electrons. The normalized spacial score (nSPS) is 21.3. The number of esters is 1. The van der Waals surface area contributed by atoms with Crippen molar-refractivity contribution in [1.82, 2.24) is 10.6 Å². The molecule has 0 radical (unpaired) electrons. The molecular weight excluding hydrogens is 208 g/mol. The Kier molecular flexibility index (Phi) is 4.29. The van der Waals surface area contributed by atoms with Gasteiger partial charge in [0.25, 0.3) is 0 Å². The Morgan fingerprint density at radius 2 is 2.06 bits per heavy atom. The lowest BCUT2D eigenvalue weighted by atomic mass is 10.0. The lowest BCUT2D eigenvalue weighted by molar-refractivity contribution is -0.149. The van der Waals surface area contributed by atoms with E-state index in [-0.39, 0.29) is 11.9 Å². The number of ether oxygens (including phenoxy) is 1. The summed E-state index contributed by atoms with van der Waals surface area (Å²) in [6.07, 6.45) is 2.97. The molecule has 1 aliphatic rings. The predicted octanol–water partition coefficient (Wildman–Crippen LogP) is 0.196. The highest BCUT2D eigenvalue weighted by atomic mass is 16.5. The van der Waals surface area contributed by atoms with Gasteiger partial charge in [0.05, 0.1) is 13.2 Å². The van der Waals surface area contributed by atoms with E-state index in [9.17, 15) is 9.59 Å². The molecule has 0 aromatic rings. The van der Waals surface area contributed by atoms with E-state index in [0.29, 0.717) is 0 Å². The average Bonchev–Trinajstić information content (AvgIpc) is 2.28. The zero-order chi connectivity index (χ0) is 12.2. The van der Waals surface area contributed by atoms with Crippen molar-refractivity contribution in [3.05, 3.63) is 0 Å². The fourth-order valence-corrected chi connectivity index (χ4v) is 1.78. The Morgan fingerprint density at radius 3 is 2.56 bits per heavy atom. The third kappa shape index (κ3) is 3.20. The van der Waals surface area contributed by atoms with E-state index in [1.807, 2.05) is 0 Å². The van der Waals surface area contributed by atoms with Crippen molar-refractivity contribution < 1.29 is 14.3 Å². The summed E-state index contributed by atoms with van der Waals surface area (Å²) >= 11 is 0. The van der Waals surface area contributed by atoms with Gasteiger partial charge in [-0.25, -0.2) is 4.79 Å². The van der Waals surface area contributed by atoms with Crippen molar-refractivity contribution in [1.29, 1.82) is 0 Å². The van der Waals surface area contributed by atoms with Gasteiger partial charge in [0, 0.05) is 0 Å². The first-order valence-corrected chi connectivity index (χ1v) is 5.61. The minimum atomic E-state index is -0.967. The van der Waals surface area contributed by atoms with Gasteiger partial charge >= 0.3 is 5.97 Å². The highest BCUT2D eigenvalue weighted by Gasteiger charge is 2.33. The average molecular weight is 228 g/mol. The first kappa shape index (κ1) is 13.0. The molecule has 1 amide bonds. The molecule has 16 heavy (non-hydrogen) atoms. The topological polar surface area (TPSA) is 67.4 Å². The summed E-state index contributed by atoms with van der Waals surface area (Å²) in [4.78, 5) is 23.2. The van der Waals surface area contributed by atoms with Crippen LogP contribution in [0.2, 0.25) is 0 Å². The highest BCUT2D eigenvalue weighted by Crippen LogP contribution is 2.10. The van der Waals surface area contributed by atoms with Gasteiger partial charge in [-0.3, -0.25) is 4.79 Å². The molecule has 1 atom stereocenters. The lowest BCUT2D eigenvalue weighted by Gasteiger charge is -2.28. The van der Waals surface area contributed by atoms with Gasteiger partial charge in [-0.05, 0) is 33.2 Å². The van der Waals surface area contributed by atoms with E-state index >= 15 is 0 Å². The minimum Gasteiger partial charge on any atom is -0.467 e. The number of amides is 1. The Hall–Kier alpha value is -1.10. The molecule has 0 aliphatic carbocycles. The smallest absolute Gasteiger partial charge is 0.330 e. The van der Waals surface area contributed by atoms with Gasteiger partial charge in [0.15, 0.2) is 0 Å². The molecule has 2 N–H and O–H groups in total. The van der Waals surface area contributed by atoms with Crippen molar-refractivity contribution in [2.24, 2.45) is 0 Å². The van der Waals surface area contributed by atoms with Gasteiger partial charge in [0.1, 0.15) is 5.54 Å². The molecule has 5 nitrogen and oxygen atoms in total. The van der Waals surface area contributed by atoms with Gasteiger partial charge in [-0.1, -0.05) is 6.42 Å². The maximum atomic E-state index is 11.9. The minimum absolute atomic E-state index is 0.130. The van der Waals surface area contributed by atoms with Gasteiger partial charge in [-0.2, -0.15) is 0 Å². The quantitative estimate of drug-likeness (QED) is 0.677. The SMILES string of the molecule is COC(=O)C(C)(C)NC(=O)C1CCCCN1. The number of carbonyl (C=O) groups is 2. The summed E-state index contributed by atoms with van der Waals surface area (Å²) < 4.78 is 4.63. The Bertz CT molecular complexity index is 270. The van der Waals surface area contributed by atoms with E-state index < -0.39 is 11.5 Å². The van der Waals surface area contributed by atoms with E-state index in [0.717, 1.165) is 25.8 Å². The summed E-state index contributed by atoms with van der Waals surface area (Å²) in [7, 11) is 1.31. The Labute approximate surface area is 95.9 Å². The predicted molar refractivity (Wildman–Crippen MR) is 59.9 cm³/mol. The second-order valence-electron chi connectivity index (χ2n) is 4.61. The second-order valence-corrected chi connectivity index (χ2v) is 4.61. The molecule has 1 unspecified atom stereocenters. The summed E-state index contributed by atoms with van der Waals surface area (Å²) in [6, 6.07) is -0.183. The van der Waals surface area contributed by atoms with E-state index in [4.69, 9.17) is 0 Å². The molecule has 0 spiro atoms. The molecule has 1 saturated heterocycles. The van der Waals surface area contributed by atoms with Crippen LogP contribution in [0, 0.1) is 0 Å². The fourth-order valence-electron chi connectivity index (χ4n) is 1.78. The standard InChI is InChI=1S/C11H20N2O3/c1-11(2,10(15)16-3)13-9(14)8-6-4-5-7-12-8/h8,12H,4-7H2,1-3H3,(H,13,14). The molecule has 1 rings (SSSR count). The number of rotatable bonds is 3. The molecule has 1 fully saturated rings. The zero-order valence-electron chi connectivity index (χ0n) is 10.1. The van der Waals surface area contributed by atoms with Crippen LogP contribution in [-0.2, 0) is 14.3 Å². The maximum absolute atomic E-state index is 11.9. The van der Waals surface area contributed by atoms with Crippen LogP contribution >= 0.6 is 0 Å². The number of nitrogens with one attached hydrogen (secondary N) is 2. The largest absolute Gasteiger partial charge is 0.467 e. The Balaban J connectivity index is 2.52. The fraction of sp³-hybridized carbons (Fsp3) is 0.818. The van der Waals surface area contributed by atoms with Crippen molar-refractivity contribution in [2.45, 2.75) is 44.7 Å². The van der Waals surface area contributed by atoms with Crippen LogP contribution in [0.3, 0.4) is 0 Å².